The average molecular weight is 252 g/mol. The van der Waals surface area contributed by atoms with Crippen molar-refractivity contribution in [3.63, 3.8) is 0 Å². The number of hydrogen-bond donors (Lipinski definition) is 1. The van der Waals surface area contributed by atoms with E-state index in [0.29, 0.717) is 0 Å². The smallest absolute Gasteiger partial charge is 0.297 e. The van der Waals surface area contributed by atoms with E-state index in [9.17, 15) is 0 Å². The molecular formula is C13H24N4O. The molecule has 102 valence electrons. The summed E-state index contributed by atoms with van der Waals surface area (Å²) in [7, 11) is 1.91. The first-order valence-corrected chi connectivity index (χ1v) is 6.59. The predicted molar refractivity (Wildman–Crippen MR) is 72.8 cm³/mol. The summed E-state index contributed by atoms with van der Waals surface area (Å²) in [5.74, 6) is 0. The van der Waals surface area contributed by atoms with Crippen molar-refractivity contribution in [3.05, 3.63) is 12.0 Å². The largest absolute Gasteiger partial charge is 0.432 e. The number of anilines is 1. The fraction of sp³-hybridized carbons (Fsp3) is 0.769. The molecule has 0 spiro atoms. The lowest BCUT2D eigenvalue weighted by molar-refractivity contribution is 0.127. The highest BCUT2D eigenvalue weighted by atomic mass is 16.4. The molecule has 0 amide bonds. The van der Waals surface area contributed by atoms with Crippen LogP contribution in [0.4, 0.5) is 6.01 Å². The monoisotopic (exact) mass is 252 g/mol. The summed E-state index contributed by atoms with van der Waals surface area (Å²) in [6.45, 7) is 11.6. The SMILES string of the molecule is CNCc1coc(N2CCN(C(C)(C)C)CC2)n1. The third-order valence-electron chi connectivity index (χ3n) is 3.40. The van der Waals surface area contributed by atoms with Crippen molar-refractivity contribution in [2.75, 3.05) is 38.1 Å². The first-order chi connectivity index (χ1) is 8.50. The van der Waals surface area contributed by atoms with Gasteiger partial charge in [-0.3, -0.25) is 4.90 Å². The average Bonchev–Trinajstić information content (AvgIpc) is 2.77. The van der Waals surface area contributed by atoms with Gasteiger partial charge in [-0.25, -0.2) is 0 Å². The molecule has 0 atom stereocenters. The molecule has 1 fully saturated rings. The number of piperazine rings is 1. The normalized spacial score (nSPS) is 18.3. The molecule has 1 aliphatic heterocycles. The molecule has 0 aliphatic carbocycles. The van der Waals surface area contributed by atoms with Crippen molar-refractivity contribution < 1.29 is 4.42 Å². The van der Waals surface area contributed by atoms with Gasteiger partial charge >= 0.3 is 0 Å². The lowest BCUT2D eigenvalue weighted by atomic mass is 10.1. The highest BCUT2D eigenvalue weighted by Gasteiger charge is 2.27. The van der Waals surface area contributed by atoms with Crippen molar-refractivity contribution in [1.29, 1.82) is 0 Å². The molecule has 1 aliphatic rings. The molecule has 2 heterocycles. The minimum Gasteiger partial charge on any atom is -0.432 e. The Bertz CT molecular complexity index is 375. The van der Waals surface area contributed by atoms with Gasteiger partial charge in [0.15, 0.2) is 0 Å². The molecule has 1 aromatic rings. The zero-order valence-electron chi connectivity index (χ0n) is 11.9. The van der Waals surface area contributed by atoms with Gasteiger partial charge < -0.3 is 14.6 Å². The fourth-order valence-corrected chi connectivity index (χ4v) is 2.27. The summed E-state index contributed by atoms with van der Waals surface area (Å²) in [5.41, 5.74) is 1.21. The van der Waals surface area contributed by atoms with Gasteiger partial charge in [-0.2, -0.15) is 4.98 Å². The maximum atomic E-state index is 5.53. The highest BCUT2D eigenvalue weighted by molar-refractivity contribution is 5.28. The Morgan fingerprint density at radius 1 is 1.28 bits per heavy atom. The zero-order chi connectivity index (χ0) is 13.2. The van der Waals surface area contributed by atoms with Crippen molar-refractivity contribution in [2.24, 2.45) is 0 Å². The molecule has 0 unspecified atom stereocenters. The van der Waals surface area contributed by atoms with Gasteiger partial charge in [-0.15, -0.1) is 0 Å². The quantitative estimate of drug-likeness (QED) is 0.879. The summed E-state index contributed by atoms with van der Waals surface area (Å²) in [6, 6.07) is 0.758. The number of hydrogen-bond acceptors (Lipinski definition) is 5. The number of nitrogens with zero attached hydrogens (tertiary/aromatic N) is 3. The van der Waals surface area contributed by atoms with Crippen LogP contribution in [0.5, 0.6) is 0 Å². The van der Waals surface area contributed by atoms with E-state index in [2.05, 4.69) is 40.9 Å². The first kappa shape index (κ1) is 13.4. The Balaban J connectivity index is 1.92. The number of aromatic nitrogens is 1. The van der Waals surface area contributed by atoms with Gasteiger partial charge in [0.25, 0.3) is 6.01 Å². The second-order valence-corrected chi connectivity index (χ2v) is 5.80. The molecule has 18 heavy (non-hydrogen) atoms. The minimum absolute atomic E-state index is 0.250. The summed E-state index contributed by atoms with van der Waals surface area (Å²) >= 11 is 0. The van der Waals surface area contributed by atoms with E-state index in [1.807, 2.05) is 7.05 Å². The number of nitrogens with one attached hydrogen (secondary N) is 1. The summed E-state index contributed by atoms with van der Waals surface area (Å²) < 4.78 is 5.53. The Morgan fingerprint density at radius 2 is 1.94 bits per heavy atom. The Kier molecular flexibility index (Phi) is 3.92. The molecule has 1 saturated heterocycles. The number of oxazole rings is 1. The Morgan fingerprint density at radius 3 is 2.50 bits per heavy atom. The lowest BCUT2D eigenvalue weighted by Gasteiger charge is -2.41. The summed E-state index contributed by atoms with van der Waals surface area (Å²) in [4.78, 5) is 9.21. The van der Waals surface area contributed by atoms with Gasteiger partial charge in [-0.1, -0.05) is 0 Å². The molecule has 0 saturated carbocycles. The van der Waals surface area contributed by atoms with E-state index >= 15 is 0 Å². The van der Waals surface area contributed by atoms with Crippen molar-refractivity contribution >= 4 is 6.01 Å². The Hall–Kier alpha value is -1.07. The molecule has 5 nitrogen and oxygen atoms in total. The maximum Gasteiger partial charge on any atom is 0.297 e. The second kappa shape index (κ2) is 5.28. The van der Waals surface area contributed by atoms with Crippen LogP contribution in [0.25, 0.3) is 0 Å². The summed E-state index contributed by atoms with van der Waals surface area (Å²) in [5, 5.41) is 3.08. The molecule has 0 radical (unpaired) electrons. The highest BCUT2D eigenvalue weighted by Crippen LogP contribution is 2.20. The first-order valence-electron chi connectivity index (χ1n) is 6.59. The Labute approximate surface area is 109 Å². The van der Waals surface area contributed by atoms with Crippen molar-refractivity contribution in [1.82, 2.24) is 15.2 Å². The molecule has 1 aromatic heterocycles. The van der Waals surface area contributed by atoms with Crippen molar-refractivity contribution in [2.45, 2.75) is 32.9 Å². The second-order valence-electron chi connectivity index (χ2n) is 5.80. The van der Waals surface area contributed by atoms with E-state index in [0.717, 1.165) is 44.4 Å². The fourth-order valence-electron chi connectivity index (χ4n) is 2.27. The van der Waals surface area contributed by atoms with Crippen LogP contribution in [0.3, 0.4) is 0 Å². The van der Waals surface area contributed by atoms with Crippen LogP contribution in [-0.2, 0) is 6.54 Å². The molecule has 5 heteroatoms. The third-order valence-corrected chi connectivity index (χ3v) is 3.40. The molecule has 0 bridgehead atoms. The number of rotatable bonds is 3. The topological polar surface area (TPSA) is 44.5 Å². The van der Waals surface area contributed by atoms with E-state index < -0.39 is 0 Å². The van der Waals surface area contributed by atoms with Gasteiger partial charge in [0.05, 0.1) is 5.69 Å². The van der Waals surface area contributed by atoms with Crippen LogP contribution in [0, 0.1) is 0 Å². The van der Waals surface area contributed by atoms with E-state index in [1.165, 1.54) is 0 Å². The van der Waals surface area contributed by atoms with Crippen LogP contribution >= 0.6 is 0 Å². The van der Waals surface area contributed by atoms with Crippen molar-refractivity contribution in [3.8, 4) is 0 Å². The third kappa shape index (κ3) is 3.03. The van der Waals surface area contributed by atoms with Gasteiger partial charge in [-0.05, 0) is 27.8 Å². The maximum absolute atomic E-state index is 5.53. The molecule has 2 rings (SSSR count). The van der Waals surface area contributed by atoms with Gasteiger partial charge in [0.2, 0.25) is 0 Å². The zero-order valence-corrected chi connectivity index (χ0v) is 11.9. The van der Waals surface area contributed by atoms with Crippen LogP contribution in [0.15, 0.2) is 10.7 Å². The molecule has 0 aromatic carbocycles. The summed E-state index contributed by atoms with van der Waals surface area (Å²) in [6.07, 6.45) is 1.74. The van der Waals surface area contributed by atoms with Crippen LogP contribution in [0.2, 0.25) is 0 Å². The van der Waals surface area contributed by atoms with E-state index in [-0.39, 0.29) is 5.54 Å². The lowest BCUT2D eigenvalue weighted by Crippen LogP contribution is -2.53. The minimum atomic E-state index is 0.250. The molecular weight excluding hydrogens is 228 g/mol. The van der Waals surface area contributed by atoms with Crippen LogP contribution < -0.4 is 10.2 Å². The predicted octanol–water partition coefficient (Wildman–Crippen LogP) is 1.31. The van der Waals surface area contributed by atoms with Gasteiger partial charge in [0.1, 0.15) is 6.26 Å². The van der Waals surface area contributed by atoms with Crippen LogP contribution in [0.1, 0.15) is 26.5 Å². The van der Waals surface area contributed by atoms with Gasteiger partial charge in [0, 0.05) is 38.3 Å². The van der Waals surface area contributed by atoms with E-state index in [1.54, 1.807) is 6.26 Å². The molecule has 1 N–H and O–H groups in total. The standard InChI is InChI=1S/C13H24N4O/c1-13(2,3)17-7-5-16(6-8-17)12-15-11(9-14-4)10-18-12/h10,14H,5-9H2,1-4H3. The van der Waals surface area contributed by atoms with E-state index in [4.69, 9.17) is 4.42 Å². The van der Waals surface area contributed by atoms with Crippen LogP contribution in [-0.4, -0.2) is 48.6 Å².